The molecule has 3 nitrogen and oxygen atoms in total. The minimum atomic E-state index is 0.112. The first kappa shape index (κ1) is 14.3. The van der Waals surface area contributed by atoms with Crippen LogP contribution in [-0.4, -0.2) is 15.6 Å². The summed E-state index contributed by atoms with van der Waals surface area (Å²) in [6.07, 6.45) is 6.37. The molecule has 0 fully saturated rings. The molecule has 0 amide bonds. The Morgan fingerprint density at radius 1 is 1.18 bits per heavy atom. The number of Topliss-reactive ketones (excluding diaryl/α,β-unsaturated/α-hetero) is 1. The lowest BCUT2D eigenvalue weighted by Gasteiger charge is -2.03. The molecule has 22 heavy (non-hydrogen) atoms. The molecule has 1 heterocycles. The normalized spacial score (nSPS) is 11.8. The minimum absolute atomic E-state index is 0.112. The highest BCUT2D eigenvalue weighted by Crippen LogP contribution is 2.19. The molecule has 1 aromatic heterocycles. The summed E-state index contributed by atoms with van der Waals surface area (Å²) >= 11 is 0. The van der Waals surface area contributed by atoms with Gasteiger partial charge in [0.25, 0.3) is 0 Å². The topological polar surface area (TPSA) is 34.9 Å². The number of nitrogens with zero attached hydrogens (tertiary/aromatic N) is 2. The highest BCUT2D eigenvalue weighted by Gasteiger charge is 2.04. The highest BCUT2D eigenvalue weighted by atomic mass is 16.1. The zero-order valence-corrected chi connectivity index (χ0v) is 12.8. The van der Waals surface area contributed by atoms with Crippen LogP contribution >= 0.6 is 0 Å². The number of hydrogen-bond donors (Lipinski definition) is 0. The SMILES string of the molecule is CC/C(=C\c1cnn(-c2ccc3ccccc3c2)c1)C(C)=O. The molecule has 3 heteroatoms. The molecule has 0 saturated heterocycles. The first-order valence-corrected chi connectivity index (χ1v) is 7.42. The van der Waals surface area contributed by atoms with Crippen molar-refractivity contribution in [3.63, 3.8) is 0 Å². The lowest BCUT2D eigenvalue weighted by atomic mass is 10.1. The van der Waals surface area contributed by atoms with Crippen LogP contribution in [0.1, 0.15) is 25.8 Å². The third-order valence-corrected chi connectivity index (χ3v) is 3.77. The van der Waals surface area contributed by atoms with Crippen molar-refractivity contribution in [1.82, 2.24) is 9.78 Å². The molecular formula is C19H18N2O. The van der Waals surface area contributed by atoms with Crippen molar-refractivity contribution < 1.29 is 4.79 Å². The Morgan fingerprint density at radius 2 is 1.95 bits per heavy atom. The van der Waals surface area contributed by atoms with Crippen molar-refractivity contribution in [2.24, 2.45) is 0 Å². The molecule has 0 spiro atoms. The van der Waals surface area contributed by atoms with Crippen LogP contribution in [-0.2, 0) is 4.79 Å². The number of ketones is 1. The van der Waals surface area contributed by atoms with Crippen LogP contribution in [0.25, 0.3) is 22.5 Å². The molecule has 3 aromatic rings. The fourth-order valence-corrected chi connectivity index (χ4v) is 2.53. The molecule has 0 bridgehead atoms. The molecular weight excluding hydrogens is 272 g/mol. The van der Waals surface area contributed by atoms with Gasteiger partial charge in [0.2, 0.25) is 0 Å². The van der Waals surface area contributed by atoms with Crippen LogP contribution in [0, 0.1) is 0 Å². The van der Waals surface area contributed by atoms with Crippen LogP contribution in [0.4, 0.5) is 0 Å². The van der Waals surface area contributed by atoms with Gasteiger partial charge in [-0.2, -0.15) is 5.10 Å². The number of aromatic nitrogens is 2. The molecule has 0 radical (unpaired) electrons. The monoisotopic (exact) mass is 290 g/mol. The van der Waals surface area contributed by atoms with Crippen LogP contribution in [0.5, 0.6) is 0 Å². The number of benzene rings is 2. The summed E-state index contributed by atoms with van der Waals surface area (Å²) in [5, 5.41) is 6.80. The summed E-state index contributed by atoms with van der Waals surface area (Å²) in [4.78, 5) is 11.5. The van der Waals surface area contributed by atoms with E-state index in [0.29, 0.717) is 0 Å². The van der Waals surface area contributed by atoms with E-state index in [1.807, 2.05) is 36.0 Å². The largest absolute Gasteiger partial charge is 0.295 e. The third kappa shape index (κ3) is 2.84. The molecule has 0 atom stereocenters. The quantitative estimate of drug-likeness (QED) is 0.667. The Bertz CT molecular complexity index is 859. The highest BCUT2D eigenvalue weighted by molar-refractivity contribution is 5.97. The molecule has 0 aliphatic carbocycles. The number of hydrogen-bond acceptors (Lipinski definition) is 2. The van der Waals surface area contributed by atoms with Crippen LogP contribution in [0.3, 0.4) is 0 Å². The smallest absolute Gasteiger partial charge is 0.155 e. The van der Waals surface area contributed by atoms with E-state index in [1.54, 1.807) is 13.1 Å². The van der Waals surface area contributed by atoms with E-state index in [-0.39, 0.29) is 5.78 Å². The van der Waals surface area contributed by atoms with Gasteiger partial charge < -0.3 is 0 Å². The Morgan fingerprint density at radius 3 is 2.68 bits per heavy atom. The van der Waals surface area contributed by atoms with Gasteiger partial charge in [-0.15, -0.1) is 0 Å². The molecule has 0 N–H and O–H groups in total. The molecule has 0 unspecified atom stereocenters. The second kappa shape index (κ2) is 5.98. The van der Waals surface area contributed by atoms with Gasteiger partial charge in [-0.3, -0.25) is 4.79 Å². The molecule has 0 aliphatic heterocycles. The lowest BCUT2D eigenvalue weighted by molar-refractivity contribution is -0.113. The number of fused-ring (bicyclic) bond motifs is 1. The Hall–Kier alpha value is -2.68. The average molecular weight is 290 g/mol. The fourth-order valence-electron chi connectivity index (χ4n) is 2.53. The third-order valence-electron chi connectivity index (χ3n) is 3.77. The van der Waals surface area contributed by atoms with E-state index in [9.17, 15) is 4.79 Å². The Balaban J connectivity index is 1.97. The number of carbonyl (C=O) groups is 1. The predicted octanol–water partition coefficient (Wildman–Crippen LogP) is 4.41. The first-order chi connectivity index (χ1) is 10.7. The van der Waals surface area contributed by atoms with Crippen LogP contribution in [0.15, 0.2) is 60.4 Å². The zero-order chi connectivity index (χ0) is 15.5. The van der Waals surface area contributed by atoms with Gasteiger partial charge in [0, 0.05) is 11.8 Å². The lowest BCUT2D eigenvalue weighted by Crippen LogP contribution is -1.94. The van der Waals surface area contributed by atoms with Crippen molar-refractivity contribution in [1.29, 1.82) is 0 Å². The van der Waals surface area contributed by atoms with E-state index < -0.39 is 0 Å². The molecule has 0 aliphatic rings. The second-order valence-electron chi connectivity index (χ2n) is 5.33. The number of allylic oxidation sites excluding steroid dienone is 1. The Labute approximate surface area is 129 Å². The number of carbonyl (C=O) groups excluding carboxylic acids is 1. The number of rotatable bonds is 4. The standard InChI is InChI=1S/C19H18N2O/c1-3-16(14(2)22)10-15-12-20-21(13-15)19-9-8-17-6-4-5-7-18(17)11-19/h4-13H,3H2,1-2H3/b16-10+. The van der Waals surface area contributed by atoms with Crippen LogP contribution in [0.2, 0.25) is 0 Å². The predicted molar refractivity (Wildman–Crippen MR) is 90.0 cm³/mol. The van der Waals surface area contributed by atoms with Crippen LogP contribution < -0.4 is 0 Å². The molecule has 2 aromatic carbocycles. The van der Waals surface area contributed by atoms with Gasteiger partial charge in [0.15, 0.2) is 5.78 Å². The van der Waals surface area contributed by atoms with Gasteiger partial charge in [-0.05, 0) is 47.9 Å². The molecule has 0 saturated carbocycles. The summed E-state index contributed by atoms with van der Waals surface area (Å²) in [5.41, 5.74) is 2.78. The van der Waals surface area contributed by atoms with Gasteiger partial charge in [0.1, 0.15) is 0 Å². The van der Waals surface area contributed by atoms with E-state index in [2.05, 4.69) is 35.4 Å². The Kier molecular flexibility index (Phi) is 3.88. The first-order valence-electron chi connectivity index (χ1n) is 7.42. The van der Waals surface area contributed by atoms with Gasteiger partial charge >= 0.3 is 0 Å². The van der Waals surface area contributed by atoms with Gasteiger partial charge in [-0.25, -0.2) is 4.68 Å². The van der Waals surface area contributed by atoms with E-state index >= 15 is 0 Å². The summed E-state index contributed by atoms with van der Waals surface area (Å²) < 4.78 is 1.84. The van der Waals surface area contributed by atoms with Gasteiger partial charge in [0.05, 0.1) is 11.9 Å². The summed E-state index contributed by atoms with van der Waals surface area (Å²) in [5.74, 6) is 0.112. The maximum absolute atomic E-state index is 11.5. The molecule has 110 valence electrons. The van der Waals surface area contributed by atoms with E-state index in [4.69, 9.17) is 0 Å². The summed E-state index contributed by atoms with van der Waals surface area (Å²) in [7, 11) is 0. The fraction of sp³-hybridized carbons (Fsp3) is 0.158. The van der Waals surface area contributed by atoms with Gasteiger partial charge in [-0.1, -0.05) is 37.3 Å². The second-order valence-corrected chi connectivity index (χ2v) is 5.33. The van der Waals surface area contributed by atoms with Crippen molar-refractivity contribution in [3.8, 4) is 5.69 Å². The van der Waals surface area contributed by atoms with Crippen molar-refractivity contribution >= 4 is 22.6 Å². The zero-order valence-electron chi connectivity index (χ0n) is 12.8. The average Bonchev–Trinajstić information content (AvgIpc) is 3.00. The van der Waals surface area contributed by atoms with Crippen molar-refractivity contribution in [3.05, 3.63) is 66.0 Å². The minimum Gasteiger partial charge on any atom is -0.295 e. The summed E-state index contributed by atoms with van der Waals surface area (Å²) in [6, 6.07) is 14.5. The molecule has 3 rings (SSSR count). The summed E-state index contributed by atoms with van der Waals surface area (Å²) in [6.45, 7) is 3.59. The maximum atomic E-state index is 11.5. The van der Waals surface area contributed by atoms with Crippen molar-refractivity contribution in [2.75, 3.05) is 0 Å². The van der Waals surface area contributed by atoms with Crippen molar-refractivity contribution in [2.45, 2.75) is 20.3 Å². The van der Waals surface area contributed by atoms with E-state index in [1.165, 1.54) is 10.8 Å². The van der Waals surface area contributed by atoms with E-state index in [0.717, 1.165) is 23.2 Å². The maximum Gasteiger partial charge on any atom is 0.155 e.